The molecule has 1 atom stereocenters. The molecule has 90 valence electrons. The molecule has 0 radical (unpaired) electrons. The normalized spacial score (nSPS) is 11.6. The smallest absolute Gasteiger partial charge is 0.101 e. The molecular formula is C14H14N4. The van der Waals surface area contributed by atoms with E-state index in [1.807, 2.05) is 32.0 Å². The van der Waals surface area contributed by atoms with E-state index in [1.165, 1.54) is 0 Å². The van der Waals surface area contributed by atoms with Gasteiger partial charge in [0.15, 0.2) is 0 Å². The third-order valence-corrected chi connectivity index (χ3v) is 2.75. The van der Waals surface area contributed by atoms with Crippen LogP contribution in [0.15, 0.2) is 36.7 Å². The van der Waals surface area contributed by atoms with Crippen LogP contribution in [0.4, 0.5) is 5.69 Å². The highest BCUT2D eigenvalue weighted by atomic mass is 15.0. The van der Waals surface area contributed by atoms with Gasteiger partial charge in [0.05, 0.1) is 28.7 Å². The summed E-state index contributed by atoms with van der Waals surface area (Å²) in [5.41, 5.74) is 3.24. The van der Waals surface area contributed by atoms with Crippen LogP contribution in [0.3, 0.4) is 0 Å². The van der Waals surface area contributed by atoms with Gasteiger partial charge in [0.1, 0.15) is 6.07 Å². The van der Waals surface area contributed by atoms with E-state index < -0.39 is 0 Å². The maximum Gasteiger partial charge on any atom is 0.101 e. The number of hydrogen-bond acceptors (Lipinski definition) is 4. The molecule has 1 unspecified atom stereocenters. The van der Waals surface area contributed by atoms with E-state index in [2.05, 4.69) is 21.4 Å². The number of benzene rings is 1. The number of hydrogen-bond donors (Lipinski definition) is 1. The molecule has 0 fully saturated rings. The van der Waals surface area contributed by atoms with Crippen LogP contribution < -0.4 is 5.32 Å². The number of anilines is 1. The van der Waals surface area contributed by atoms with E-state index in [1.54, 1.807) is 18.5 Å². The maximum atomic E-state index is 9.04. The molecule has 1 aromatic carbocycles. The molecule has 4 nitrogen and oxygen atoms in total. The molecule has 0 bridgehead atoms. The molecule has 0 aliphatic carbocycles. The van der Waals surface area contributed by atoms with E-state index in [-0.39, 0.29) is 6.04 Å². The van der Waals surface area contributed by atoms with Crippen molar-refractivity contribution in [3.63, 3.8) is 0 Å². The number of nitrogens with one attached hydrogen (secondary N) is 1. The van der Waals surface area contributed by atoms with E-state index in [9.17, 15) is 0 Å². The summed E-state index contributed by atoms with van der Waals surface area (Å²) in [4.78, 5) is 8.54. The van der Waals surface area contributed by atoms with E-state index in [0.717, 1.165) is 17.1 Å². The molecule has 1 heterocycles. The van der Waals surface area contributed by atoms with Crippen LogP contribution in [0, 0.1) is 18.3 Å². The predicted octanol–water partition coefficient (Wildman–Crippen LogP) is 2.83. The van der Waals surface area contributed by atoms with Crippen LogP contribution in [-0.2, 0) is 0 Å². The van der Waals surface area contributed by atoms with Crippen LogP contribution in [0.1, 0.15) is 29.9 Å². The number of nitriles is 1. The highest BCUT2D eigenvalue weighted by molar-refractivity contribution is 5.58. The Bertz CT molecular complexity index is 586. The molecule has 1 aromatic heterocycles. The summed E-state index contributed by atoms with van der Waals surface area (Å²) >= 11 is 0. The highest BCUT2D eigenvalue weighted by Crippen LogP contribution is 2.21. The van der Waals surface area contributed by atoms with Crippen molar-refractivity contribution >= 4 is 5.69 Å². The summed E-state index contributed by atoms with van der Waals surface area (Å²) in [7, 11) is 0. The van der Waals surface area contributed by atoms with Crippen LogP contribution in [-0.4, -0.2) is 9.97 Å². The monoisotopic (exact) mass is 238 g/mol. The zero-order valence-electron chi connectivity index (χ0n) is 10.4. The van der Waals surface area contributed by atoms with Crippen molar-refractivity contribution in [3.05, 3.63) is 53.6 Å². The molecule has 2 rings (SSSR count). The van der Waals surface area contributed by atoms with Gasteiger partial charge in [-0.3, -0.25) is 9.97 Å². The lowest BCUT2D eigenvalue weighted by Crippen LogP contribution is -2.11. The Labute approximate surface area is 106 Å². The standard InChI is InChI=1S/C14H14N4/c1-10-14(17-8-7-16-10)11(2)18-13-6-4-3-5-12(13)9-15/h3-8,11,18H,1-2H3. The Hall–Kier alpha value is -2.41. The van der Waals surface area contributed by atoms with Crippen LogP contribution >= 0.6 is 0 Å². The second kappa shape index (κ2) is 5.28. The minimum absolute atomic E-state index is 0.00759. The lowest BCUT2D eigenvalue weighted by molar-refractivity contribution is 0.809. The fraction of sp³-hybridized carbons (Fsp3) is 0.214. The summed E-state index contributed by atoms with van der Waals surface area (Å²) in [6.07, 6.45) is 3.35. The number of nitrogens with zero attached hydrogens (tertiary/aromatic N) is 3. The first kappa shape index (κ1) is 12.1. The minimum Gasteiger partial charge on any atom is -0.376 e. The Morgan fingerprint density at radius 1 is 1.22 bits per heavy atom. The van der Waals surface area contributed by atoms with Gasteiger partial charge in [-0.2, -0.15) is 5.26 Å². The lowest BCUT2D eigenvalue weighted by atomic mass is 10.1. The molecule has 18 heavy (non-hydrogen) atoms. The van der Waals surface area contributed by atoms with Gasteiger partial charge in [-0.1, -0.05) is 12.1 Å². The minimum atomic E-state index is 0.00759. The predicted molar refractivity (Wildman–Crippen MR) is 70.0 cm³/mol. The largest absolute Gasteiger partial charge is 0.376 e. The molecule has 0 aliphatic rings. The van der Waals surface area contributed by atoms with Gasteiger partial charge in [0.2, 0.25) is 0 Å². The van der Waals surface area contributed by atoms with Gasteiger partial charge < -0.3 is 5.32 Å². The van der Waals surface area contributed by atoms with Crippen molar-refractivity contribution < 1.29 is 0 Å². The van der Waals surface area contributed by atoms with Crippen LogP contribution in [0.2, 0.25) is 0 Å². The summed E-state index contributed by atoms with van der Waals surface area (Å²) in [5.74, 6) is 0. The van der Waals surface area contributed by atoms with E-state index >= 15 is 0 Å². The van der Waals surface area contributed by atoms with Crippen molar-refractivity contribution in [1.82, 2.24) is 9.97 Å². The third-order valence-electron chi connectivity index (χ3n) is 2.75. The van der Waals surface area contributed by atoms with Gasteiger partial charge in [0, 0.05) is 12.4 Å². The van der Waals surface area contributed by atoms with E-state index in [4.69, 9.17) is 5.26 Å². The third kappa shape index (κ3) is 2.46. The molecule has 0 spiro atoms. The summed E-state index contributed by atoms with van der Waals surface area (Å²) in [6, 6.07) is 9.61. The van der Waals surface area contributed by atoms with Gasteiger partial charge >= 0.3 is 0 Å². The molecule has 2 aromatic rings. The molecule has 0 saturated heterocycles. The lowest BCUT2D eigenvalue weighted by Gasteiger charge is -2.16. The second-order valence-corrected chi connectivity index (χ2v) is 4.05. The van der Waals surface area contributed by atoms with Crippen molar-refractivity contribution in [1.29, 1.82) is 5.26 Å². The SMILES string of the molecule is Cc1nccnc1C(C)Nc1ccccc1C#N. The Morgan fingerprint density at radius 2 is 1.94 bits per heavy atom. The van der Waals surface area contributed by atoms with Gasteiger partial charge in [-0.15, -0.1) is 0 Å². The molecule has 0 saturated carbocycles. The number of aromatic nitrogens is 2. The van der Waals surface area contributed by atoms with E-state index in [0.29, 0.717) is 5.56 Å². The fourth-order valence-electron chi connectivity index (χ4n) is 1.85. The topological polar surface area (TPSA) is 61.6 Å². The Balaban J connectivity index is 2.25. The Kier molecular flexibility index (Phi) is 3.54. The average molecular weight is 238 g/mol. The van der Waals surface area contributed by atoms with Crippen molar-refractivity contribution in [2.45, 2.75) is 19.9 Å². The maximum absolute atomic E-state index is 9.04. The average Bonchev–Trinajstić information content (AvgIpc) is 2.39. The summed E-state index contributed by atoms with van der Waals surface area (Å²) in [6.45, 7) is 3.93. The highest BCUT2D eigenvalue weighted by Gasteiger charge is 2.11. The Morgan fingerprint density at radius 3 is 2.67 bits per heavy atom. The first-order valence-corrected chi connectivity index (χ1v) is 5.75. The zero-order valence-corrected chi connectivity index (χ0v) is 10.4. The zero-order chi connectivity index (χ0) is 13.0. The van der Waals surface area contributed by atoms with Gasteiger partial charge in [-0.05, 0) is 26.0 Å². The van der Waals surface area contributed by atoms with Gasteiger partial charge in [0.25, 0.3) is 0 Å². The molecule has 4 heteroatoms. The molecular weight excluding hydrogens is 224 g/mol. The van der Waals surface area contributed by atoms with Gasteiger partial charge in [-0.25, -0.2) is 0 Å². The number of para-hydroxylation sites is 1. The quantitative estimate of drug-likeness (QED) is 0.893. The first-order valence-electron chi connectivity index (χ1n) is 5.75. The fourth-order valence-corrected chi connectivity index (χ4v) is 1.85. The second-order valence-electron chi connectivity index (χ2n) is 4.05. The van der Waals surface area contributed by atoms with Crippen LogP contribution in [0.25, 0.3) is 0 Å². The summed E-state index contributed by atoms with van der Waals surface area (Å²) in [5, 5.41) is 12.3. The first-order chi connectivity index (χ1) is 8.72. The van der Waals surface area contributed by atoms with Crippen molar-refractivity contribution in [2.75, 3.05) is 5.32 Å². The molecule has 0 amide bonds. The summed E-state index contributed by atoms with van der Waals surface area (Å²) < 4.78 is 0. The van der Waals surface area contributed by atoms with Crippen LogP contribution in [0.5, 0.6) is 0 Å². The van der Waals surface area contributed by atoms with Crippen molar-refractivity contribution in [3.8, 4) is 6.07 Å². The molecule has 1 N–H and O–H groups in total. The molecule has 0 aliphatic heterocycles. The number of aryl methyl sites for hydroxylation is 1. The van der Waals surface area contributed by atoms with Crippen molar-refractivity contribution in [2.24, 2.45) is 0 Å². The number of rotatable bonds is 3.